The summed E-state index contributed by atoms with van der Waals surface area (Å²) in [5.41, 5.74) is 1.22. The molecule has 0 aliphatic carbocycles. The predicted molar refractivity (Wildman–Crippen MR) is 121 cm³/mol. The number of amidine groups is 1. The van der Waals surface area contributed by atoms with Crippen LogP contribution in [0.15, 0.2) is 56.8 Å². The fourth-order valence-electron chi connectivity index (χ4n) is 2.70. The number of likely N-dealkylation sites (N-methyl/N-ethyl adjacent to an activating group) is 1. The van der Waals surface area contributed by atoms with Gasteiger partial charge in [0.15, 0.2) is 11.8 Å². The minimum atomic E-state index is -1.10. The van der Waals surface area contributed by atoms with Crippen LogP contribution >= 0.6 is 27.7 Å². The maximum absolute atomic E-state index is 12.9. The van der Waals surface area contributed by atoms with Crippen molar-refractivity contribution < 1.29 is 29.3 Å². The topological polar surface area (TPSA) is 117 Å². The molecule has 0 radical (unpaired) electrons. The molecular formula is C21H17BrN2O6S. The third-order valence-electron chi connectivity index (χ3n) is 4.15. The van der Waals surface area contributed by atoms with Gasteiger partial charge in [-0.25, -0.2) is 14.6 Å². The molecule has 1 heterocycles. The van der Waals surface area contributed by atoms with Gasteiger partial charge in [0, 0.05) is 16.6 Å². The average Bonchev–Trinajstić information content (AvgIpc) is 3.01. The molecule has 31 heavy (non-hydrogen) atoms. The van der Waals surface area contributed by atoms with Crippen molar-refractivity contribution in [3.05, 3.63) is 63.0 Å². The summed E-state index contributed by atoms with van der Waals surface area (Å²) in [6.45, 7) is 1.72. The van der Waals surface area contributed by atoms with E-state index in [-0.39, 0.29) is 11.5 Å². The molecule has 2 aromatic rings. The number of carboxylic acids is 2. The van der Waals surface area contributed by atoms with Crippen LogP contribution in [0.2, 0.25) is 0 Å². The third-order valence-corrected chi connectivity index (χ3v) is 5.65. The Morgan fingerprint density at radius 1 is 1.19 bits per heavy atom. The van der Waals surface area contributed by atoms with Crippen molar-refractivity contribution in [2.24, 2.45) is 4.99 Å². The van der Waals surface area contributed by atoms with E-state index >= 15 is 0 Å². The zero-order valence-corrected chi connectivity index (χ0v) is 18.6. The number of hydrogen-bond acceptors (Lipinski definition) is 6. The molecule has 0 unspecified atom stereocenters. The van der Waals surface area contributed by atoms with Gasteiger partial charge in [0.1, 0.15) is 5.75 Å². The van der Waals surface area contributed by atoms with Gasteiger partial charge in [0.05, 0.1) is 16.2 Å². The monoisotopic (exact) mass is 504 g/mol. The SMILES string of the molecule is CCN1C(=O)/C(=C/c2cc(Br)ccc2OCC(=O)O)SC1=Nc1ccc(C(=O)O)cc1. The lowest BCUT2D eigenvalue weighted by atomic mass is 10.2. The second-order valence-electron chi connectivity index (χ2n) is 6.27. The molecule has 1 aliphatic rings. The van der Waals surface area contributed by atoms with Crippen molar-refractivity contribution >= 4 is 62.5 Å². The summed E-state index contributed by atoms with van der Waals surface area (Å²) in [4.78, 5) is 41.1. The Balaban J connectivity index is 1.92. The number of halogens is 1. The molecule has 1 saturated heterocycles. The number of aromatic carboxylic acids is 1. The predicted octanol–water partition coefficient (Wildman–Crippen LogP) is 4.23. The molecule has 3 rings (SSSR count). The second-order valence-corrected chi connectivity index (χ2v) is 8.20. The van der Waals surface area contributed by atoms with E-state index in [9.17, 15) is 14.4 Å². The van der Waals surface area contributed by atoms with E-state index in [2.05, 4.69) is 20.9 Å². The lowest BCUT2D eigenvalue weighted by Crippen LogP contribution is -2.28. The van der Waals surface area contributed by atoms with Gasteiger partial charge in [0.25, 0.3) is 5.91 Å². The summed E-state index contributed by atoms with van der Waals surface area (Å²) in [5, 5.41) is 18.3. The minimum absolute atomic E-state index is 0.149. The van der Waals surface area contributed by atoms with Crippen molar-refractivity contribution in [2.45, 2.75) is 6.92 Å². The van der Waals surface area contributed by atoms with Crippen LogP contribution in [-0.2, 0) is 9.59 Å². The smallest absolute Gasteiger partial charge is 0.341 e. The van der Waals surface area contributed by atoms with Gasteiger partial charge < -0.3 is 14.9 Å². The van der Waals surface area contributed by atoms with E-state index in [1.807, 2.05) is 6.92 Å². The number of carboxylic acid groups (broad SMARTS) is 2. The highest BCUT2D eigenvalue weighted by atomic mass is 79.9. The molecule has 0 bridgehead atoms. The fraction of sp³-hybridized carbons (Fsp3) is 0.143. The van der Waals surface area contributed by atoms with Crippen LogP contribution in [0.1, 0.15) is 22.8 Å². The highest BCUT2D eigenvalue weighted by Crippen LogP contribution is 2.36. The Morgan fingerprint density at radius 2 is 1.90 bits per heavy atom. The maximum atomic E-state index is 12.9. The van der Waals surface area contributed by atoms with E-state index in [1.165, 1.54) is 28.8 Å². The number of amides is 1. The molecule has 2 N–H and O–H groups in total. The first-order valence-electron chi connectivity index (χ1n) is 9.06. The van der Waals surface area contributed by atoms with Crippen LogP contribution in [0.25, 0.3) is 6.08 Å². The zero-order chi connectivity index (χ0) is 22.5. The number of benzene rings is 2. The van der Waals surface area contributed by atoms with Crippen molar-refractivity contribution in [3.8, 4) is 5.75 Å². The molecule has 1 aliphatic heterocycles. The number of aliphatic imine (C=N–C) groups is 1. The van der Waals surface area contributed by atoms with Crippen molar-refractivity contribution in [1.82, 2.24) is 4.90 Å². The first-order chi connectivity index (χ1) is 14.8. The third kappa shape index (κ3) is 5.53. The number of nitrogens with zero attached hydrogens (tertiary/aromatic N) is 2. The van der Waals surface area contributed by atoms with Gasteiger partial charge in [-0.2, -0.15) is 0 Å². The van der Waals surface area contributed by atoms with E-state index in [0.717, 1.165) is 4.47 Å². The molecule has 10 heteroatoms. The normalized spacial score (nSPS) is 16.2. The van der Waals surface area contributed by atoms with Crippen LogP contribution in [0, 0.1) is 0 Å². The van der Waals surface area contributed by atoms with Crippen LogP contribution in [0.5, 0.6) is 5.75 Å². The number of rotatable bonds is 7. The molecule has 8 nitrogen and oxygen atoms in total. The fourth-order valence-corrected chi connectivity index (χ4v) is 4.14. The van der Waals surface area contributed by atoms with Crippen molar-refractivity contribution in [1.29, 1.82) is 0 Å². The Labute approximate surface area is 190 Å². The molecule has 0 aromatic heterocycles. The molecule has 0 spiro atoms. The number of thioether (sulfide) groups is 1. The first-order valence-corrected chi connectivity index (χ1v) is 10.7. The van der Waals surface area contributed by atoms with Gasteiger partial charge in [-0.15, -0.1) is 0 Å². The number of carbonyl (C=O) groups is 3. The second kappa shape index (κ2) is 9.80. The number of hydrogen-bond donors (Lipinski definition) is 2. The Hall–Kier alpha value is -3.11. The molecular weight excluding hydrogens is 488 g/mol. The van der Waals surface area contributed by atoms with Crippen molar-refractivity contribution in [3.63, 3.8) is 0 Å². The van der Waals surface area contributed by atoms with E-state index in [1.54, 1.807) is 36.4 Å². The lowest BCUT2D eigenvalue weighted by Gasteiger charge is -2.12. The Morgan fingerprint density at radius 3 is 2.52 bits per heavy atom. The maximum Gasteiger partial charge on any atom is 0.341 e. The van der Waals surface area contributed by atoms with Crippen LogP contribution in [0.4, 0.5) is 5.69 Å². The van der Waals surface area contributed by atoms with Crippen LogP contribution in [-0.4, -0.2) is 51.3 Å². The molecule has 1 fully saturated rings. The Bertz CT molecular complexity index is 1100. The summed E-state index contributed by atoms with van der Waals surface area (Å²) >= 11 is 4.54. The summed E-state index contributed by atoms with van der Waals surface area (Å²) in [6.07, 6.45) is 1.63. The number of carbonyl (C=O) groups excluding carboxylic acids is 1. The molecule has 1 amide bonds. The van der Waals surface area contributed by atoms with E-state index in [0.29, 0.717) is 33.6 Å². The van der Waals surface area contributed by atoms with Crippen molar-refractivity contribution in [2.75, 3.05) is 13.2 Å². The Kier molecular flexibility index (Phi) is 7.13. The standard InChI is InChI=1S/C21H17BrN2O6S/c1-2-24-19(27)17(10-13-9-14(22)5-8-16(13)30-11-18(25)26)31-21(24)23-15-6-3-12(4-7-15)20(28)29/h3-10H,2,11H2,1H3,(H,25,26)(H,28,29)/b17-10-,23-21?. The summed E-state index contributed by atoms with van der Waals surface area (Å²) in [5.74, 6) is -2.03. The molecule has 0 atom stereocenters. The van der Waals surface area contributed by atoms with Gasteiger partial charge in [0.2, 0.25) is 0 Å². The average molecular weight is 505 g/mol. The summed E-state index contributed by atoms with van der Waals surface area (Å²) < 4.78 is 6.08. The van der Waals surface area contributed by atoms with Crippen LogP contribution < -0.4 is 4.74 Å². The lowest BCUT2D eigenvalue weighted by molar-refractivity contribution is -0.139. The molecule has 0 saturated carbocycles. The first kappa shape index (κ1) is 22.6. The zero-order valence-electron chi connectivity index (χ0n) is 16.2. The van der Waals surface area contributed by atoms with Gasteiger partial charge >= 0.3 is 11.9 Å². The largest absolute Gasteiger partial charge is 0.481 e. The number of aliphatic carboxylic acids is 1. The quantitative estimate of drug-likeness (QED) is 0.541. The summed E-state index contributed by atoms with van der Waals surface area (Å²) in [6, 6.07) is 11.1. The molecule has 2 aromatic carbocycles. The molecule has 160 valence electrons. The van der Waals surface area contributed by atoms with Crippen LogP contribution in [0.3, 0.4) is 0 Å². The van der Waals surface area contributed by atoms with Gasteiger partial charge in [-0.3, -0.25) is 9.69 Å². The minimum Gasteiger partial charge on any atom is -0.481 e. The summed E-state index contributed by atoms with van der Waals surface area (Å²) in [7, 11) is 0. The highest BCUT2D eigenvalue weighted by molar-refractivity contribution is 9.10. The van der Waals surface area contributed by atoms with Gasteiger partial charge in [-0.05, 0) is 67.2 Å². The van der Waals surface area contributed by atoms with E-state index < -0.39 is 18.5 Å². The van der Waals surface area contributed by atoms with Gasteiger partial charge in [-0.1, -0.05) is 15.9 Å². The van der Waals surface area contributed by atoms with E-state index in [4.69, 9.17) is 14.9 Å². The number of ether oxygens (including phenoxy) is 1. The highest BCUT2D eigenvalue weighted by Gasteiger charge is 2.32.